The Labute approximate surface area is 122 Å². The summed E-state index contributed by atoms with van der Waals surface area (Å²) in [6.07, 6.45) is 2.00. The molecule has 0 saturated heterocycles. The van der Waals surface area contributed by atoms with E-state index in [1.54, 1.807) is 10.8 Å². The smallest absolute Gasteiger partial charge is 0.321 e. The number of rotatable bonds is 6. The van der Waals surface area contributed by atoms with Gasteiger partial charge in [0.1, 0.15) is 6.04 Å². The molecule has 1 radical (unpaired) electrons. The van der Waals surface area contributed by atoms with E-state index in [0.29, 0.717) is 11.5 Å². The van der Waals surface area contributed by atoms with Gasteiger partial charge in [0.25, 0.3) is 0 Å². The number of aliphatic carboxylic acids is 1. The quantitative estimate of drug-likeness (QED) is 0.443. The lowest BCUT2D eigenvalue weighted by Crippen LogP contribution is -2.47. The molecule has 0 aromatic rings. The van der Waals surface area contributed by atoms with Crippen molar-refractivity contribution in [2.24, 2.45) is 5.73 Å². The van der Waals surface area contributed by atoms with Crippen LogP contribution in [0.15, 0.2) is 11.6 Å². The SMILES string of the molecule is CC1(C)C=C(CSSC[C@H](N)C(=O)O)C(C)(C)N1[O]. The fourth-order valence-electron chi connectivity index (χ4n) is 2.03. The normalized spacial score (nSPS) is 23.2. The lowest BCUT2D eigenvalue weighted by atomic mass is 9.98. The van der Waals surface area contributed by atoms with Crippen LogP contribution in [0.5, 0.6) is 0 Å². The van der Waals surface area contributed by atoms with Crippen LogP contribution < -0.4 is 5.73 Å². The van der Waals surface area contributed by atoms with Gasteiger partial charge < -0.3 is 10.8 Å². The van der Waals surface area contributed by atoms with Crippen molar-refractivity contribution in [3.63, 3.8) is 0 Å². The highest BCUT2D eigenvalue weighted by Crippen LogP contribution is 2.41. The van der Waals surface area contributed by atoms with Crippen molar-refractivity contribution >= 4 is 27.6 Å². The average Bonchev–Trinajstić information content (AvgIpc) is 2.45. The van der Waals surface area contributed by atoms with Crippen LogP contribution in [-0.2, 0) is 10.0 Å². The Morgan fingerprint density at radius 1 is 1.42 bits per heavy atom. The molecular formula is C12H21N2O3S2. The molecular weight excluding hydrogens is 284 g/mol. The van der Waals surface area contributed by atoms with Crippen LogP contribution in [0.1, 0.15) is 27.7 Å². The van der Waals surface area contributed by atoms with Crippen molar-refractivity contribution in [1.29, 1.82) is 0 Å². The van der Waals surface area contributed by atoms with Crippen molar-refractivity contribution in [3.05, 3.63) is 11.6 Å². The van der Waals surface area contributed by atoms with Gasteiger partial charge in [-0.05, 0) is 33.3 Å². The first-order chi connectivity index (χ1) is 8.59. The number of carbonyl (C=O) groups is 1. The van der Waals surface area contributed by atoms with Crippen molar-refractivity contribution < 1.29 is 15.1 Å². The molecule has 19 heavy (non-hydrogen) atoms. The first kappa shape index (κ1) is 16.8. The van der Waals surface area contributed by atoms with Gasteiger partial charge in [-0.1, -0.05) is 27.7 Å². The molecule has 5 nitrogen and oxygen atoms in total. The fourth-order valence-corrected chi connectivity index (χ4v) is 4.42. The Morgan fingerprint density at radius 2 is 2.00 bits per heavy atom. The van der Waals surface area contributed by atoms with Crippen LogP contribution in [-0.4, -0.2) is 44.8 Å². The molecule has 1 rings (SSSR count). The van der Waals surface area contributed by atoms with Crippen molar-refractivity contribution in [3.8, 4) is 0 Å². The lowest BCUT2D eigenvalue weighted by molar-refractivity contribution is -0.238. The standard InChI is InChI=1S/C12H21N2O3S2/c1-11(2)5-8(12(3,4)14(11)17)6-18-19-7-9(13)10(15)16/h5,9H,6-7,13H2,1-4H3,(H,15,16)/t9-/m0/s1. The first-order valence-electron chi connectivity index (χ1n) is 6.01. The summed E-state index contributed by atoms with van der Waals surface area (Å²) >= 11 is 0. The van der Waals surface area contributed by atoms with Gasteiger partial charge in [0.05, 0.1) is 11.1 Å². The Balaban J connectivity index is 2.48. The molecule has 1 aliphatic rings. The van der Waals surface area contributed by atoms with Gasteiger partial charge in [-0.25, -0.2) is 0 Å². The van der Waals surface area contributed by atoms with E-state index in [0.717, 1.165) is 10.6 Å². The summed E-state index contributed by atoms with van der Waals surface area (Å²) < 4.78 is 0. The second-order valence-corrected chi connectivity index (χ2v) is 8.18. The molecule has 0 amide bonds. The highest BCUT2D eigenvalue weighted by Gasteiger charge is 2.45. The second kappa shape index (κ2) is 6.05. The maximum absolute atomic E-state index is 12.1. The van der Waals surface area contributed by atoms with Crippen molar-refractivity contribution in [2.45, 2.75) is 44.8 Å². The first-order valence-corrected chi connectivity index (χ1v) is 8.50. The highest BCUT2D eigenvalue weighted by molar-refractivity contribution is 8.76. The molecule has 0 bridgehead atoms. The Morgan fingerprint density at radius 3 is 2.42 bits per heavy atom. The molecule has 3 N–H and O–H groups in total. The fraction of sp³-hybridized carbons (Fsp3) is 0.750. The summed E-state index contributed by atoms with van der Waals surface area (Å²) in [7, 11) is 2.97. The minimum Gasteiger partial charge on any atom is -0.480 e. The van der Waals surface area contributed by atoms with Gasteiger partial charge in [0.2, 0.25) is 0 Å². The molecule has 0 spiro atoms. The van der Waals surface area contributed by atoms with Crippen LogP contribution in [0.2, 0.25) is 0 Å². The van der Waals surface area contributed by atoms with Gasteiger partial charge in [-0.2, -0.15) is 0 Å². The van der Waals surface area contributed by atoms with Gasteiger partial charge in [0, 0.05) is 11.5 Å². The van der Waals surface area contributed by atoms with E-state index in [1.165, 1.54) is 10.8 Å². The summed E-state index contributed by atoms with van der Waals surface area (Å²) in [5, 5.41) is 21.9. The number of nitrogens with two attached hydrogens (primary N) is 1. The summed E-state index contributed by atoms with van der Waals surface area (Å²) in [5.74, 6) is 0.0741. The molecule has 109 valence electrons. The van der Waals surface area contributed by atoms with E-state index in [4.69, 9.17) is 10.8 Å². The monoisotopic (exact) mass is 305 g/mol. The predicted molar refractivity (Wildman–Crippen MR) is 79.3 cm³/mol. The van der Waals surface area contributed by atoms with Crippen molar-refractivity contribution in [2.75, 3.05) is 11.5 Å². The molecule has 1 aliphatic heterocycles. The molecule has 0 fully saturated rings. The third-order valence-electron chi connectivity index (χ3n) is 3.21. The summed E-state index contributed by atoms with van der Waals surface area (Å²) in [6, 6.07) is -0.837. The number of hydrogen-bond donors (Lipinski definition) is 2. The highest BCUT2D eigenvalue weighted by atomic mass is 33.1. The van der Waals surface area contributed by atoms with Gasteiger partial charge in [-0.3, -0.25) is 4.79 Å². The van der Waals surface area contributed by atoms with Crippen LogP contribution in [0.4, 0.5) is 0 Å². The van der Waals surface area contributed by atoms with Gasteiger partial charge in [-0.15, -0.1) is 10.3 Å². The molecule has 0 saturated carbocycles. The zero-order valence-electron chi connectivity index (χ0n) is 11.7. The zero-order valence-corrected chi connectivity index (χ0v) is 13.3. The maximum atomic E-state index is 12.1. The number of nitrogens with zero attached hydrogens (tertiary/aromatic N) is 1. The van der Waals surface area contributed by atoms with E-state index in [9.17, 15) is 10.0 Å². The maximum Gasteiger partial charge on any atom is 0.321 e. The molecule has 1 heterocycles. The number of carboxylic acids is 1. The van der Waals surface area contributed by atoms with E-state index >= 15 is 0 Å². The molecule has 0 unspecified atom stereocenters. The third-order valence-corrected chi connectivity index (χ3v) is 5.56. The number of hydrogen-bond acceptors (Lipinski definition) is 5. The second-order valence-electron chi connectivity index (χ2n) is 5.67. The van der Waals surface area contributed by atoms with E-state index in [1.807, 2.05) is 33.8 Å². The van der Waals surface area contributed by atoms with Crippen LogP contribution in [0, 0.1) is 0 Å². The molecule has 0 aromatic heterocycles. The molecule has 0 aromatic carbocycles. The average molecular weight is 305 g/mol. The summed E-state index contributed by atoms with van der Waals surface area (Å²) in [6.45, 7) is 7.61. The molecule has 1 atom stereocenters. The number of carboxylic acid groups (broad SMARTS) is 1. The van der Waals surface area contributed by atoms with Crippen molar-refractivity contribution in [1.82, 2.24) is 5.06 Å². The largest absolute Gasteiger partial charge is 0.480 e. The predicted octanol–water partition coefficient (Wildman–Crippen LogP) is 1.92. The van der Waals surface area contributed by atoms with E-state index < -0.39 is 23.1 Å². The Bertz CT molecular complexity index is 383. The Hall–Kier alpha value is -0.210. The van der Waals surface area contributed by atoms with E-state index in [-0.39, 0.29) is 0 Å². The molecule has 0 aliphatic carbocycles. The molecule has 7 heteroatoms. The summed E-state index contributed by atoms with van der Waals surface area (Å²) in [4.78, 5) is 10.6. The zero-order chi connectivity index (χ0) is 14.8. The summed E-state index contributed by atoms with van der Waals surface area (Å²) in [5.41, 5.74) is 5.51. The minimum absolute atomic E-state index is 0.359. The van der Waals surface area contributed by atoms with Gasteiger partial charge >= 0.3 is 5.97 Å². The van der Waals surface area contributed by atoms with Crippen LogP contribution in [0.25, 0.3) is 0 Å². The van der Waals surface area contributed by atoms with Gasteiger partial charge in [0.15, 0.2) is 0 Å². The lowest BCUT2D eigenvalue weighted by Gasteiger charge is -2.33. The van der Waals surface area contributed by atoms with E-state index in [2.05, 4.69) is 0 Å². The number of hydroxylamine groups is 2. The third kappa shape index (κ3) is 3.88. The Kier molecular flexibility index (Phi) is 5.36. The van der Waals surface area contributed by atoms with Crippen LogP contribution in [0.3, 0.4) is 0 Å². The topological polar surface area (TPSA) is 86.5 Å². The van der Waals surface area contributed by atoms with Crippen LogP contribution >= 0.6 is 21.6 Å². The minimum atomic E-state index is -0.986.